The molecule has 0 atom stereocenters. The van der Waals surface area contributed by atoms with Crippen LogP contribution in [0.5, 0.6) is 0 Å². The van der Waals surface area contributed by atoms with Crippen LogP contribution in [0.25, 0.3) is 0 Å². The summed E-state index contributed by atoms with van der Waals surface area (Å²) in [6.07, 6.45) is 3.41. The van der Waals surface area contributed by atoms with E-state index >= 15 is 0 Å². The number of amides is 1. The van der Waals surface area contributed by atoms with E-state index in [-0.39, 0.29) is 10.9 Å². The first-order chi connectivity index (χ1) is 16.2. The molecule has 0 unspecified atom stereocenters. The third kappa shape index (κ3) is 5.71. The Morgan fingerprint density at radius 1 is 1.06 bits per heavy atom. The zero-order valence-electron chi connectivity index (χ0n) is 19.4. The van der Waals surface area contributed by atoms with Crippen molar-refractivity contribution in [3.63, 3.8) is 0 Å². The van der Waals surface area contributed by atoms with Crippen molar-refractivity contribution in [2.24, 2.45) is 0 Å². The Balaban J connectivity index is 1.40. The molecule has 1 amide bonds. The van der Waals surface area contributed by atoms with Gasteiger partial charge in [0, 0.05) is 30.4 Å². The molecular formula is C25H30ClF3N4O. The normalized spacial score (nSPS) is 18.3. The Morgan fingerprint density at radius 3 is 2.44 bits per heavy atom. The van der Waals surface area contributed by atoms with Gasteiger partial charge in [-0.3, -0.25) is 4.79 Å². The summed E-state index contributed by atoms with van der Waals surface area (Å²) in [5, 5.41) is -0.314. The summed E-state index contributed by atoms with van der Waals surface area (Å²) in [4.78, 5) is 26.2. The quantitative estimate of drug-likeness (QED) is 0.563. The molecule has 2 aliphatic heterocycles. The SMILES string of the molecule is Cc1c(CCc2ccc(Cl)c(C(F)(F)F)c2)ncnc1C(=O)N1CCC(N2CCCCC2)CC1. The Bertz CT molecular complexity index is 1020. The highest BCUT2D eigenvalue weighted by Gasteiger charge is 2.33. The summed E-state index contributed by atoms with van der Waals surface area (Å²) in [6.45, 7) is 5.55. The van der Waals surface area contributed by atoms with E-state index in [1.165, 1.54) is 31.7 Å². The van der Waals surface area contributed by atoms with Crippen LogP contribution in [0.1, 0.15) is 65.0 Å². The van der Waals surface area contributed by atoms with E-state index in [1.807, 2.05) is 11.8 Å². The second-order valence-corrected chi connectivity index (χ2v) is 9.63. The van der Waals surface area contributed by atoms with Crippen LogP contribution in [0.15, 0.2) is 24.5 Å². The molecule has 0 spiro atoms. The predicted octanol–water partition coefficient (Wildman–Crippen LogP) is 5.33. The molecule has 1 aromatic heterocycles. The van der Waals surface area contributed by atoms with Gasteiger partial charge in [0.15, 0.2) is 0 Å². The topological polar surface area (TPSA) is 49.3 Å². The summed E-state index contributed by atoms with van der Waals surface area (Å²) in [7, 11) is 0. The van der Waals surface area contributed by atoms with E-state index in [0.29, 0.717) is 54.5 Å². The molecule has 0 N–H and O–H groups in total. The van der Waals surface area contributed by atoms with Crippen molar-refractivity contribution in [2.75, 3.05) is 26.2 Å². The van der Waals surface area contributed by atoms with E-state index < -0.39 is 11.7 Å². The molecule has 2 aromatic rings. The maximum Gasteiger partial charge on any atom is 0.417 e. The number of halogens is 4. The van der Waals surface area contributed by atoms with Crippen molar-refractivity contribution in [1.29, 1.82) is 0 Å². The lowest BCUT2D eigenvalue weighted by molar-refractivity contribution is -0.137. The van der Waals surface area contributed by atoms with E-state index in [4.69, 9.17) is 11.6 Å². The second-order valence-electron chi connectivity index (χ2n) is 9.23. The van der Waals surface area contributed by atoms with Crippen LogP contribution in [-0.4, -0.2) is 57.9 Å². The minimum atomic E-state index is -4.50. The number of carbonyl (C=O) groups excluding carboxylic acids is 1. The van der Waals surface area contributed by atoms with Gasteiger partial charge in [-0.25, -0.2) is 9.97 Å². The zero-order chi connectivity index (χ0) is 24.3. The van der Waals surface area contributed by atoms with Gasteiger partial charge in [-0.2, -0.15) is 13.2 Å². The number of hydrogen-bond donors (Lipinski definition) is 0. The zero-order valence-corrected chi connectivity index (χ0v) is 20.1. The second kappa shape index (κ2) is 10.6. The maximum absolute atomic E-state index is 13.2. The van der Waals surface area contributed by atoms with Crippen molar-refractivity contribution < 1.29 is 18.0 Å². The molecule has 0 saturated carbocycles. The van der Waals surface area contributed by atoms with E-state index in [2.05, 4.69) is 14.9 Å². The summed E-state index contributed by atoms with van der Waals surface area (Å²) in [5.74, 6) is -0.0934. The maximum atomic E-state index is 13.2. The number of alkyl halides is 3. The molecule has 0 radical (unpaired) electrons. The molecule has 2 saturated heterocycles. The van der Waals surface area contributed by atoms with Crippen LogP contribution in [0.4, 0.5) is 13.2 Å². The van der Waals surface area contributed by atoms with Crippen LogP contribution in [0.3, 0.4) is 0 Å². The van der Waals surface area contributed by atoms with Crippen molar-refractivity contribution in [3.05, 3.63) is 57.6 Å². The third-order valence-electron chi connectivity index (χ3n) is 7.04. The highest BCUT2D eigenvalue weighted by molar-refractivity contribution is 6.31. The first kappa shape index (κ1) is 24.9. The Hall–Kier alpha value is -2.19. The van der Waals surface area contributed by atoms with Gasteiger partial charge < -0.3 is 9.80 Å². The smallest absolute Gasteiger partial charge is 0.337 e. The Kier molecular flexibility index (Phi) is 7.77. The number of aromatic nitrogens is 2. The lowest BCUT2D eigenvalue weighted by atomic mass is 9.99. The van der Waals surface area contributed by atoms with Crippen LogP contribution in [-0.2, 0) is 19.0 Å². The molecule has 3 heterocycles. The number of likely N-dealkylation sites (tertiary alicyclic amines) is 2. The molecule has 5 nitrogen and oxygen atoms in total. The number of hydrogen-bond acceptors (Lipinski definition) is 4. The molecular weight excluding hydrogens is 465 g/mol. The molecule has 0 aliphatic carbocycles. The van der Waals surface area contributed by atoms with Crippen LogP contribution in [0.2, 0.25) is 5.02 Å². The third-order valence-corrected chi connectivity index (χ3v) is 7.37. The molecule has 2 fully saturated rings. The highest BCUT2D eigenvalue weighted by Crippen LogP contribution is 2.35. The number of aryl methyl sites for hydroxylation is 2. The van der Waals surface area contributed by atoms with E-state index in [9.17, 15) is 18.0 Å². The molecule has 34 heavy (non-hydrogen) atoms. The first-order valence-electron chi connectivity index (χ1n) is 11.9. The van der Waals surface area contributed by atoms with Crippen molar-refractivity contribution in [1.82, 2.24) is 19.8 Å². The van der Waals surface area contributed by atoms with Gasteiger partial charge in [0.05, 0.1) is 10.6 Å². The lowest BCUT2D eigenvalue weighted by Gasteiger charge is -2.40. The number of piperidine rings is 2. The van der Waals surface area contributed by atoms with E-state index in [1.54, 1.807) is 6.07 Å². The summed E-state index contributed by atoms with van der Waals surface area (Å²) < 4.78 is 39.5. The minimum Gasteiger partial charge on any atom is -0.337 e. The Morgan fingerprint density at radius 2 is 1.76 bits per heavy atom. The molecule has 2 aliphatic rings. The summed E-state index contributed by atoms with van der Waals surface area (Å²) in [6, 6.07) is 4.49. The average Bonchev–Trinajstić information content (AvgIpc) is 2.84. The van der Waals surface area contributed by atoms with Crippen molar-refractivity contribution in [2.45, 2.75) is 64.1 Å². The fourth-order valence-electron chi connectivity index (χ4n) is 5.03. The molecule has 4 rings (SSSR count). The van der Waals surface area contributed by atoms with Gasteiger partial charge in [-0.1, -0.05) is 24.1 Å². The fraction of sp³-hybridized carbons (Fsp3) is 0.560. The van der Waals surface area contributed by atoms with Crippen LogP contribution >= 0.6 is 11.6 Å². The minimum absolute atomic E-state index is 0.0934. The van der Waals surface area contributed by atoms with Crippen molar-refractivity contribution in [3.8, 4) is 0 Å². The predicted molar refractivity (Wildman–Crippen MR) is 125 cm³/mol. The standard InChI is InChI=1S/C25H30ClF3N4O/c1-17-22(8-6-18-5-7-21(26)20(15-18)25(27,28)29)30-16-31-23(17)24(34)33-13-9-19(10-14-33)32-11-3-2-4-12-32/h5,7,15-16,19H,2-4,6,8-14H2,1H3. The van der Waals surface area contributed by atoms with Gasteiger partial charge in [-0.05, 0) is 76.2 Å². The fourth-order valence-corrected chi connectivity index (χ4v) is 5.25. The number of carbonyl (C=O) groups is 1. The van der Waals surface area contributed by atoms with Gasteiger partial charge >= 0.3 is 6.18 Å². The summed E-state index contributed by atoms with van der Waals surface area (Å²) >= 11 is 5.72. The average molecular weight is 495 g/mol. The number of rotatable bonds is 5. The lowest BCUT2D eigenvalue weighted by Crippen LogP contribution is -2.48. The number of benzene rings is 1. The molecule has 0 bridgehead atoms. The first-order valence-corrected chi connectivity index (χ1v) is 12.3. The largest absolute Gasteiger partial charge is 0.417 e. The van der Waals surface area contributed by atoms with Gasteiger partial charge in [0.25, 0.3) is 5.91 Å². The highest BCUT2D eigenvalue weighted by atomic mass is 35.5. The van der Waals surface area contributed by atoms with Crippen LogP contribution in [0, 0.1) is 6.92 Å². The van der Waals surface area contributed by atoms with Crippen molar-refractivity contribution >= 4 is 17.5 Å². The number of nitrogens with zero attached hydrogens (tertiary/aromatic N) is 4. The van der Waals surface area contributed by atoms with Crippen LogP contribution < -0.4 is 0 Å². The Labute approximate surface area is 203 Å². The van der Waals surface area contributed by atoms with Gasteiger partial charge in [0.2, 0.25) is 0 Å². The molecule has 9 heteroatoms. The van der Waals surface area contributed by atoms with Gasteiger partial charge in [-0.15, -0.1) is 0 Å². The molecule has 1 aromatic carbocycles. The monoisotopic (exact) mass is 494 g/mol. The molecule has 184 valence electrons. The van der Waals surface area contributed by atoms with Gasteiger partial charge in [0.1, 0.15) is 12.0 Å². The van der Waals surface area contributed by atoms with E-state index in [0.717, 1.165) is 32.0 Å². The summed E-state index contributed by atoms with van der Waals surface area (Å²) in [5.41, 5.74) is 1.42.